The molecule has 5 heteroatoms. The van der Waals surface area contributed by atoms with Crippen LogP contribution >= 0.6 is 0 Å². The van der Waals surface area contributed by atoms with Gasteiger partial charge < -0.3 is 9.80 Å². The van der Waals surface area contributed by atoms with Crippen molar-refractivity contribution in [1.82, 2.24) is 14.7 Å². The number of amides is 1. The number of fused-ring (bicyclic) bond motifs is 1. The van der Waals surface area contributed by atoms with Crippen molar-refractivity contribution in [2.45, 2.75) is 26.8 Å². The number of rotatable bonds is 4. The number of carbonyl (C=O) groups excluding carboxylic acids is 1. The number of anilines is 1. The first-order valence-electron chi connectivity index (χ1n) is 9.73. The molecular weight excluding hydrogens is 336 g/mol. The molecule has 0 atom stereocenters. The molecule has 0 spiro atoms. The average Bonchev–Trinajstić information content (AvgIpc) is 3.07. The van der Waals surface area contributed by atoms with Gasteiger partial charge in [-0.25, -0.2) is 0 Å². The van der Waals surface area contributed by atoms with Gasteiger partial charge in [0.25, 0.3) is 5.91 Å². The molecule has 4 rings (SSSR count). The molecule has 0 N–H and O–H groups in total. The maximum atomic E-state index is 12.9. The van der Waals surface area contributed by atoms with Gasteiger partial charge in [-0.1, -0.05) is 37.3 Å². The molecule has 27 heavy (non-hydrogen) atoms. The van der Waals surface area contributed by atoms with Crippen LogP contribution in [0.1, 0.15) is 29.4 Å². The Morgan fingerprint density at radius 3 is 2.52 bits per heavy atom. The fourth-order valence-electron chi connectivity index (χ4n) is 3.78. The van der Waals surface area contributed by atoms with Crippen LogP contribution in [0.3, 0.4) is 0 Å². The van der Waals surface area contributed by atoms with Crippen molar-refractivity contribution in [3.63, 3.8) is 0 Å². The minimum Gasteiger partial charge on any atom is -0.368 e. The molecule has 5 nitrogen and oxygen atoms in total. The fourth-order valence-corrected chi connectivity index (χ4v) is 3.78. The zero-order chi connectivity index (χ0) is 18.8. The second-order valence-electron chi connectivity index (χ2n) is 7.20. The van der Waals surface area contributed by atoms with Gasteiger partial charge in [0.2, 0.25) is 0 Å². The van der Waals surface area contributed by atoms with Crippen LogP contribution in [0.25, 0.3) is 10.8 Å². The van der Waals surface area contributed by atoms with Crippen molar-refractivity contribution in [3.05, 3.63) is 59.9 Å². The Bertz CT molecular complexity index is 954. The largest absolute Gasteiger partial charge is 0.368 e. The van der Waals surface area contributed by atoms with E-state index in [0.29, 0.717) is 0 Å². The Labute approximate surface area is 160 Å². The fraction of sp³-hybridized carbons (Fsp3) is 0.364. The number of carbonyl (C=O) groups is 1. The lowest BCUT2D eigenvalue weighted by atomic mass is 10.1. The lowest BCUT2D eigenvalue weighted by Crippen LogP contribution is -2.48. The van der Waals surface area contributed by atoms with Crippen molar-refractivity contribution in [3.8, 4) is 0 Å². The van der Waals surface area contributed by atoms with Crippen molar-refractivity contribution in [1.29, 1.82) is 0 Å². The molecule has 1 saturated heterocycles. The summed E-state index contributed by atoms with van der Waals surface area (Å²) in [6, 6.07) is 15.0. The van der Waals surface area contributed by atoms with Gasteiger partial charge in [0.05, 0.1) is 11.3 Å². The minimum absolute atomic E-state index is 0.105. The Balaban J connectivity index is 1.44. The Kier molecular flexibility index (Phi) is 4.84. The lowest BCUT2D eigenvalue weighted by Gasteiger charge is -2.36. The molecule has 1 aliphatic heterocycles. The molecular formula is C22H26N4O. The normalized spacial score (nSPS) is 14.7. The highest BCUT2D eigenvalue weighted by Crippen LogP contribution is 2.23. The van der Waals surface area contributed by atoms with E-state index in [2.05, 4.69) is 59.4 Å². The Morgan fingerprint density at radius 1 is 1.04 bits per heavy atom. The number of nitrogens with zero attached hydrogens (tertiary/aromatic N) is 4. The minimum atomic E-state index is 0.105. The first kappa shape index (κ1) is 17.6. The number of aromatic nitrogens is 2. The smallest absolute Gasteiger partial charge is 0.257 e. The second-order valence-corrected chi connectivity index (χ2v) is 7.20. The summed E-state index contributed by atoms with van der Waals surface area (Å²) in [5.74, 6) is 0.105. The predicted molar refractivity (Wildman–Crippen MR) is 109 cm³/mol. The molecule has 0 bridgehead atoms. The molecule has 140 valence electrons. The zero-order valence-corrected chi connectivity index (χ0v) is 16.1. The molecule has 2 heterocycles. The number of aryl methyl sites for hydroxylation is 2. The molecule has 1 aromatic heterocycles. The summed E-state index contributed by atoms with van der Waals surface area (Å²) in [4.78, 5) is 17.2. The third kappa shape index (κ3) is 3.54. The SMILES string of the molecule is CCCn1cc(C(=O)N2CCN(c3ccc4ccccc4c3)CC2)c(C)n1. The van der Waals surface area contributed by atoms with Gasteiger partial charge in [-0.3, -0.25) is 9.48 Å². The van der Waals surface area contributed by atoms with E-state index in [-0.39, 0.29) is 5.91 Å². The predicted octanol–water partition coefficient (Wildman–Crippen LogP) is 3.72. The van der Waals surface area contributed by atoms with E-state index < -0.39 is 0 Å². The summed E-state index contributed by atoms with van der Waals surface area (Å²) < 4.78 is 1.88. The van der Waals surface area contributed by atoms with E-state index in [4.69, 9.17) is 0 Å². The summed E-state index contributed by atoms with van der Waals surface area (Å²) in [5, 5.41) is 6.98. The van der Waals surface area contributed by atoms with Crippen LogP contribution in [0, 0.1) is 6.92 Å². The molecule has 0 radical (unpaired) electrons. The van der Waals surface area contributed by atoms with Gasteiger partial charge in [-0.05, 0) is 36.2 Å². The highest BCUT2D eigenvalue weighted by atomic mass is 16.2. The van der Waals surface area contributed by atoms with Crippen LogP contribution in [0.2, 0.25) is 0 Å². The molecule has 2 aromatic carbocycles. The molecule has 1 fully saturated rings. The van der Waals surface area contributed by atoms with Gasteiger partial charge >= 0.3 is 0 Å². The Morgan fingerprint density at radius 2 is 1.78 bits per heavy atom. The van der Waals surface area contributed by atoms with E-state index in [1.54, 1.807) is 0 Å². The molecule has 3 aromatic rings. The quantitative estimate of drug-likeness (QED) is 0.710. The summed E-state index contributed by atoms with van der Waals surface area (Å²) in [7, 11) is 0. The summed E-state index contributed by atoms with van der Waals surface area (Å²) in [5.41, 5.74) is 2.79. The Hall–Kier alpha value is -2.82. The summed E-state index contributed by atoms with van der Waals surface area (Å²) in [6.07, 6.45) is 2.91. The number of hydrogen-bond donors (Lipinski definition) is 0. The van der Waals surface area contributed by atoms with Crippen molar-refractivity contribution in [2.24, 2.45) is 0 Å². The van der Waals surface area contributed by atoms with E-state index in [1.165, 1.54) is 16.5 Å². The van der Waals surface area contributed by atoms with Gasteiger partial charge in [0.1, 0.15) is 0 Å². The zero-order valence-electron chi connectivity index (χ0n) is 16.1. The second kappa shape index (κ2) is 7.43. The van der Waals surface area contributed by atoms with Gasteiger partial charge in [-0.15, -0.1) is 0 Å². The highest BCUT2D eigenvalue weighted by molar-refractivity contribution is 5.95. The van der Waals surface area contributed by atoms with Crippen LogP contribution < -0.4 is 4.90 Å². The summed E-state index contributed by atoms with van der Waals surface area (Å²) >= 11 is 0. The van der Waals surface area contributed by atoms with Crippen LogP contribution in [0.5, 0.6) is 0 Å². The van der Waals surface area contributed by atoms with E-state index in [0.717, 1.165) is 50.4 Å². The molecule has 0 unspecified atom stereocenters. The molecule has 1 aliphatic rings. The summed E-state index contributed by atoms with van der Waals surface area (Å²) in [6.45, 7) is 8.08. The van der Waals surface area contributed by atoms with Crippen LogP contribution in [0.15, 0.2) is 48.7 Å². The first-order valence-corrected chi connectivity index (χ1v) is 9.73. The van der Waals surface area contributed by atoms with Gasteiger partial charge in [-0.2, -0.15) is 5.10 Å². The number of hydrogen-bond acceptors (Lipinski definition) is 3. The number of benzene rings is 2. The molecule has 0 aliphatic carbocycles. The average molecular weight is 362 g/mol. The number of piperazine rings is 1. The van der Waals surface area contributed by atoms with Crippen LogP contribution in [0.4, 0.5) is 5.69 Å². The molecule has 1 amide bonds. The van der Waals surface area contributed by atoms with Crippen molar-refractivity contribution >= 4 is 22.4 Å². The maximum Gasteiger partial charge on any atom is 0.257 e. The van der Waals surface area contributed by atoms with E-state index in [1.807, 2.05) is 22.7 Å². The van der Waals surface area contributed by atoms with Gasteiger partial charge in [0.15, 0.2) is 0 Å². The van der Waals surface area contributed by atoms with E-state index >= 15 is 0 Å². The highest BCUT2D eigenvalue weighted by Gasteiger charge is 2.24. The van der Waals surface area contributed by atoms with Crippen molar-refractivity contribution in [2.75, 3.05) is 31.1 Å². The standard InChI is InChI=1S/C22H26N4O/c1-3-10-26-16-21(17(2)23-26)22(27)25-13-11-24(12-14-25)20-9-8-18-6-4-5-7-19(18)15-20/h4-9,15-16H,3,10-14H2,1-2H3. The molecule has 0 saturated carbocycles. The maximum absolute atomic E-state index is 12.9. The first-order chi connectivity index (χ1) is 13.2. The van der Waals surface area contributed by atoms with Gasteiger partial charge in [0, 0.05) is 44.6 Å². The lowest BCUT2D eigenvalue weighted by molar-refractivity contribution is 0.0746. The topological polar surface area (TPSA) is 41.4 Å². The third-order valence-corrected chi connectivity index (χ3v) is 5.29. The van der Waals surface area contributed by atoms with Crippen LogP contribution in [-0.4, -0.2) is 46.8 Å². The third-order valence-electron chi connectivity index (χ3n) is 5.29. The van der Waals surface area contributed by atoms with E-state index in [9.17, 15) is 4.79 Å². The van der Waals surface area contributed by atoms with Crippen molar-refractivity contribution < 1.29 is 4.79 Å². The monoisotopic (exact) mass is 362 g/mol. The van der Waals surface area contributed by atoms with Crippen LogP contribution in [-0.2, 0) is 6.54 Å².